The van der Waals surface area contributed by atoms with Crippen LogP contribution < -0.4 is 0 Å². The first-order chi connectivity index (χ1) is 35.7. The Balaban J connectivity index is 1.44. The number of ether oxygens (including phenoxy) is 9. The molecule has 75 heavy (non-hydrogen) atoms. The van der Waals surface area contributed by atoms with Crippen molar-refractivity contribution in [1.29, 1.82) is 0 Å². The number of rotatable bonds is 17. The second-order valence-corrected chi connectivity index (χ2v) is 20.7. The Morgan fingerprint density at radius 1 is 0.933 bits per heavy atom. The van der Waals surface area contributed by atoms with Gasteiger partial charge in [-0.1, -0.05) is 63.3 Å². The van der Waals surface area contributed by atoms with Gasteiger partial charge in [-0.2, -0.15) is 0 Å². The van der Waals surface area contributed by atoms with E-state index in [0.29, 0.717) is 32.4 Å². The van der Waals surface area contributed by atoms with Crippen LogP contribution in [0.1, 0.15) is 112 Å². The van der Waals surface area contributed by atoms with E-state index in [2.05, 4.69) is 4.98 Å². The smallest absolute Gasteiger partial charge is 0.309 e. The summed E-state index contributed by atoms with van der Waals surface area (Å²) in [5.41, 5.74) is 1.46. The molecular formula is C56H83N3O16. The second kappa shape index (κ2) is 29.2. The Hall–Kier alpha value is -4.70. The fourth-order valence-corrected chi connectivity index (χ4v) is 10.5. The number of carbonyl (C=O) groups excluding carboxylic acids is 5. The van der Waals surface area contributed by atoms with E-state index in [9.17, 15) is 34.2 Å². The molecule has 5 unspecified atom stereocenters. The molecule has 1 aromatic carbocycles. The molecule has 0 radical (unpaired) electrons. The van der Waals surface area contributed by atoms with Crippen LogP contribution in [-0.4, -0.2) is 182 Å². The van der Waals surface area contributed by atoms with Crippen LogP contribution in [0.5, 0.6) is 0 Å². The molecule has 0 bridgehead atoms. The molecule has 19 heteroatoms. The van der Waals surface area contributed by atoms with E-state index in [1.54, 1.807) is 59.8 Å². The van der Waals surface area contributed by atoms with Crippen LogP contribution in [0.25, 0.3) is 17.3 Å². The average molecular weight is 1050 g/mol. The minimum Gasteiger partial charge on any atom is -0.462 e. The summed E-state index contributed by atoms with van der Waals surface area (Å²) in [5.74, 6) is -3.46. The first-order valence-electron chi connectivity index (χ1n) is 26.5. The summed E-state index contributed by atoms with van der Waals surface area (Å²) in [6.07, 6.45) is -4.67. The Morgan fingerprint density at radius 3 is 2.27 bits per heavy atom. The van der Waals surface area contributed by atoms with Crippen LogP contribution in [0.15, 0.2) is 54.7 Å². The number of methoxy groups -OCH3 is 1. The summed E-state index contributed by atoms with van der Waals surface area (Å²) < 4.78 is 56.2. The van der Waals surface area contributed by atoms with E-state index in [0.717, 1.165) is 23.1 Å². The van der Waals surface area contributed by atoms with Crippen molar-refractivity contribution in [2.45, 2.75) is 192 Å². The van der Waals surface area contributed by atoms with Gasteiger partial charge in [-0.3, -0.25) is 24.2 Å². The van der Waals surface area contributed by atoms with Gasteiger partial charge in [0.05, 0.1) is 42.6 Å². The van der Waals surface area contributed by atoms with Gasteiger partial charge in [-0.25, -0.2) is 0 Å². The number of esters is 4. The molecule has 3 aliphatic heterocycles. The molecule has 19 nitrogen and oxygen atoms in total. The molecule has 418 valence electrons. The van der Waals surface area contributed by atoms with Gasteiger partial charge in [0.1, 0.15) is 36.8 Å². The number of hydrogen-bond acceptors (Lipinski definition) is 19. The molecule has 0 aliphatic carbocycles. The van der Waals surface area contributed by atoms with Crippen LogP contribution in [0.2, 0.25) is 0 Å². The van der Waals surface area contributed by atoms with Gasteiger partial charge in [0.25, 0.3) is 0 Å². The number of likely N-dealkylation sites (N-methyl/N-ethyl adjacent to an activating group) is 2. The van der Waals surface area contributed by atoms with Gasteiger partial charge in [0.2, 0.25) is 0 Å². The zero-order valence-electron chi connectivity index (χ0n) is 45.7. The van der Waals surface area contributed by atoms with Crippen molar-refractivity contribution >= 4 is 36.2 Å². The third-order valence-corrected chi connectivity index (χ3v) is 14.4. The second-order valence-electron chi connectivity index (χ2n) is 20.7. The van der Waals surface area contributed by atoms with Crippen molar-refractivity contribution in [3.8, 4) is 11.3 Å². The number of aliphatic hydroxyl groups excluding tert-OH is 2. The van der Waals surface area contributed by atoms with Crippen LogP contribution in [-0.2, 0) is 66.6 Å². The van der Waals surface area contributed by atoms with Crippen molar-refractivity contribution in [3.05, 3.63) is 60.3 Å². The Labute approximate surface area is 442 Å². The Bertz CT molecular complexity index is 2150. The topological polar surface area (TPSA) is 228 Å². The minimum atomic E-state index is -1.44. The summed E-state index contributed by atoms with van der Waals surface area (Å²) in [6.45, 7) is 12.4. The van der Waals surface area contributed by atoms with Crippen LogP contribution >= 0.6 is 0 Å². The van der Waals surface area contributed by atoms with Gasteiger partial charge >= 0.3 is 23.9 Å². The fraction of sp³-hybridized carbons (Fsp3) is 0.679. The van der Waals surface area contributed by atoms with Gasteiger partial charge in [0.15, 0.2) is 24.3 Å². The summed E-state index contributed by atoms with van der Waals surface area (Å²) >= 11 is 0. The number of aldehydes is 1. The number of carbonyl (C=O) groups is 5. The molecule has 3 saturated heterocycles. The Kier molecular flexibility index (Phi) is 23.8. The van der Waals surface area contributed by atoms with E-state index in [1.165, 1.54) is 14.0 Å². The maximum absolute atomic E-state index is 14.2. The quantitative estimate of drug-likeness (QED) is 0.110. The number of nitrogens with zero attached hydrogens (tertiary/aromatic N) is 3. The number of aromatic nitrogens is 1. The third-order valence-electron chi connectivity index (χ3n) is 14.4. The molecule has 2 aromatic rings. The number of cyclic esters (lactones) is 1. The maximum Gasteiger partial charge on any atom is 0.309 e. The summed E-state index contributed by atoms with van der Waals surface area (Å²) in [7, 11) is 6.80. The van der Waals surface area contributed by atoms with Crippen LogP contribution in [0, 0.1) is 11.8 Å². The van der Waals surface area contributed by atoms with Crippen molar-refractivity contribution in [2.24, 2.45) is 11.8 Å². The van der Waals surface area contributed by atoms with E-state index in [1.807, 2.05) is 73.5 Å². The fourth-order valence-electron chi connectivity index (χ4n) is 10.5. The molecular weight excluding hydrogens is 971 g/mol. The summed E-state index contributed by atoms with van der Waals surface area (Å²) in [6, 6.07) is 12.9. The molecule has 0 saturated carbocycles. The number of benzene rings is 1. The van der Waals surface area contributed by atoms with Crippen molar-refractivity contribution in [2.75, 3.05) is 41.3 Å². The minimum absolute atomic E-state index is 0.0251. The lowest BCUT2D eigenvalue weighted by atomic mass is 9.82. The highest BCUT2D eigenvalue weighted by atomic mass is 16.7. The van der Waals surface area contributed by atoms with Crippen molar-refractivity contribution in [1.82, 2.24) is 14.8 Å². The van der Waals surface area contributed by atoms with E-state index in [-0.39, 0.29) is 32.1 Å². The lowest BCUT2D eigenvalue weighted by Gasteiger charge is -2.50. The van der Waals surface area contributed by atoms with E-state index < -0.39 is 127 Å². The van der Waals surface area contributed by atoms with Gasteiger partial charge < -0.3 is 67.4 Å². The largest absolute Gasteiger partial charge is 0.462 e. The Morgan fingerprint density at radius 2 is 1.64 bits per heavy atom. The SMILES string of the molecule is CCC(=O)O[C@@H]1CC(=O)O[C@@H](CC=Cc2ccc(-c3ccccn3)cc2)CCCN(C)C[C@H](O)[C@H](C)C[C@H](CC=O)[C@H](O[C@@H]2OC(C)[C@@H](O[C@H]3CC(C)(OC(C)=O)[C@@H](OC(=O)CC)C(C)O3)C(N(C)C)C2O)[C@H]1OC. The third kappa shape index (κ3) is 17.4. The van der Waals surface area contributed by atoms with Gasteiger partial charge in [-0.15, -0.1) is 0 Å². The zero-order valence-corrected chi connectivity index (χ0v) is 45.7. The maximum atomic E-state index is 14.2. The number of aliphatic hydroxyl groups is 2. The van der Waals surface area contributed by atoms with E-state index >= 15 is 0 Å². The number of β-amino-alcohol motifs (C(OH)–C–C–N with tert-alkyl or cyclic N) is 1. The molecule has 16 atom stereocenters. The monoisotopic (exact) mass is 1050 g/mol. The first kappa shape index (κ1) is 61.2. The lowest BCUT2D eigenvalue weighted by molar-refractivity contribution is -0.344. The highest BCUT2D eigenvalue weighted by Crippen LogP contribution is 2.39. The lowest BCUT2D eigenvalue weighted by Crippen LogP contribution is -2.66. The first-order valence-corrected chi connectivity index (χ1v) is 26.5. The molecule has 4 heterocycles. The number of hydrogen-bond donors (Lipinski definition) is 2. The average Bonchev–Trinajstić information content (AvgIpc) is 3.35. The number of pyridine rings is 1. The highest BCUT2D eigenvalue weighted by Gasteiger charge is 2.54. The summed E-state index contributed by atoms with van der Waals surface area (Å²) in [4.78, 5) is 73.2. The molecule has 5 rings (SSSR count). The van der Waals surface area contributed by atoms with Crippen LogP contribution in [0.4, 0.5) is 0 Å². The molecule has 1 aromatic heterocycles. The molecule has 0 amide bonds. The van der Waals surface area contributed by atoms with E-state index in [4.69, 9.17) is 42.6 Å². The molecule has 0 spiro atoms. The predicted molar refractivity (Wildman–Crippen MR) is 276 cm³/mol. The van der Waals surface area contributed by atoms with Crippen molar-refractivity contribution in [3.63, 3.8) is 0 Å². The van der Waals surface area contributed by atoms with Crippen LogP contribution in [0.3, 0.4) is 0 Å². The van der Waals surface area contributed by atoms with Gasteiger partial charge in [-0.05, 0) is 97.3 Å². The van der Waals surface area contributed by atoms with Crippen molar-refractivity contribution < 1.29 is 76.8 Å². The summed E-state index contributed by atoms with van der Waals surface area (Å²) in [5, 5.41) is 24.1. The predicted octanol–water partition coefficient (Wildman–Crippen LogP) is 5.69. The standard InChI is InChI=1S/C56H83N3O16/c1-12-45(63)71-44-31-47(65)70-41(19-16-18-38-22-24-39(25-23-38)42-21-14-15-27-57-42)20-17-28-59(10)33-43(62)34(3)30-40(26-29-60)52(53(44)67-11)74-55-50(66)49(58(8)9)51(35(4)69-55)73-48-32-56(7,75-37(6)61)54(36(5)68-48)72-46(64)13-2/h14-16,18,21-25,27,29,34-36,40-41,43-44,48-55,62,66H,12-13,17,19-20,26,28,30-33H2,1-11H3/t34-,35?,36?,40+,41+,43+,44-,48+,49?,50?,51-,52+,53+,54+,55+,56?/m1/s1. The molecule has 2 N–H and O–H groups in total. The molecule has 3 fully saturated rings. The zero-order chi connectivity index (χ0) is 55.0. The van der Waals surface area contributed by atoms with Gasteiger partial charge in [0, 0.05) is 64.4 Å². The molecule has 3 aliphatic rings. The highest BCUT2D eigenvalue weighted by molar-refractivity contribution is 5.73. The normalized spacial score (nSPS) is 33.8.